The molecule has 0 unspecified atom stereocenters. The molecule has 0 aliphatic rings. The molecule has 23 heavy (non-hydrogen) atoms. The van der Waals surface area contributed by atoms with Crippen molar-refractivity contribution in [2.24, 2.45) is 0 Å². The van der Waals surface area contributed by atoms with Crippen molar-refractivity contribution in [1.29, 1.82) is 0 Å². The standard InChI is InChI=1S/C17H22N4O2/c1-3-4-9-21-10-8-18-17(21)14-6-5-7-15(11-14)20-16(23)12-19-13(2)22/h5-8,10-11H,3-4,9,12H2,1-2H3,(H,19,22)(H,20,23). The van der Waals surface area contributed by atoms with Crippen LogP contribution in [0, 0.1) is 0 Å². The molecular weight excluding hydrogens is 292 g/mol. The van der Waals surface area contributed by atoms with Crippen LogP contribution in [0.5, 0.6) is 0 Å². The zero-order chi connectivity index (χ0) is 16.7. The van der Waals surface area contributed by atoms with E-state index in [1.165, 1.54) is 6.92 Å². The Morgan fingerprint density at radius 3 is 2.87 bits per heavy atom. The van der Waals surface area contributed by atoms with Crippen LogP contribution in [-0.2, 0) is 16.1 Å². The molecular formula is C17H22N4O2. The zero-order valence-electron chi connectivity index (χ0n) is 13.5. The van der Waals surface area contributed by atoms with E-state index in [1.807, 2.05) is 30.5 Å². The number of nitrogens with one attached hydrogen (secondary N) is 2. The maximum atomic E-state index is 11.8. The molecule has 0 spiro atoms. The van der Waals surface area contributed by atoms with Gasteiger partial charge in [0.1, 0.15) is 5.82 Å². The van der Waals surface area contributed by atoms with Gasteiger partial charge in [0.05, 0.1) is 6.54 Å². The first kappa shape index (κ1) is 16.7. The third-order valence-corrected chi connectivity index (χ3v) is 3.37. The van der Waals surface area contributed by atoms with E-state index in [0.29, 0.717) is 5.69 Å². The molecule has 6 heteroatoms. The number of hydrogen-bond acceptors (Lipinski definition) is 3. The van der Waals surface area contributed by atoms with E-state index in [9.17, 15) is 9.59 Å². The quantitative estimate of drug-likeness (QED) is 0.824. The molecule has 2 N–H and O–H groups in total. The molecule has 0 saturated heterocycles. The Bertz CT molecular complexity index is 679. The van der Waals surface area contributed by atoms with Crippen LogP contribution in [0.1, 0.15) is 26.7 Å². The Kier molecular flexibility index (Phi) is 5.91. The van der Waals surface area contributed by atoms with Crippen molar-refractivity contribution >= 4 is 17.5 Å². The summed E-state index contributed by atoms with van der Waals surface area (Å²) in [6.45, 7) is 4.42. The van der Waals surface area contributed by atoms with Crippen molar-refractivity contribution in [3.63, 3.8) is 0 Å². The summed E-state index contributed by atoms with van der Waals surface area (Å²) in [5.41, 5.74) is 1.63. The lowest BCUT2D eigenvalue weighted by molar-refractivity contribution is -0.122. The van der Waals surface area contributed by atoms with E-state index < -0.39 is 0 Å². The van der Waals surface area contributed by atoms with Gasteiger partial charge in [0, 0.05) is 37.1 Å². The van der Waals surface area contributed by atoms with Crippen molar-refractivity contribution in [2.75, 3.05) is 11.9 Å². The summed E-state index contributed by atoms with van der Waals surface area (Å²) in [6.07, 6.45) is 5.97. The molecule has 2 amide bonds. The number of aromatic nitrogens is 2. The van der Waals surface area contributed by atoms with Crippen LogP contribution in [0.15, 0.2) is 36.7 Å². The minimum atomic E-state index is -0.258. The molecule has 122 valence electrons. The number of amides is 2. The molecule has 0 radical (unpaired) electrons. The number of benzene rings is 1. The van der Waals surface area contributed by atoms with E-state index in [4.69, 9.17) is 0 Å². The maximum Gasteiger partial charge on any atom is 0.243 e. The summed E-state index contributed by atoms with van der Waals surface area (Å²) in [5, 5.41) is 5.24. The van der Waals surface area contributed by atoms with Crippen LogP contribution in [-0.4, -0.2) is 27.9 Å². The molecule has 0 saturated carbocycles. The summed E-state index contributed by atoms with van der Waals surface area (Å²) >= 11 is 0. The average Bonchev–Trinajstić information content (AvgIpc) is 2.99. The molecule has 0 atom stereocenters. The Morgan fingerprint density at radius 2 is 2.13 bits per heavy atom. The third kappa shape index (κ3) is 4.95. The van der Waals surface area contributed by atoms with Gasteiger partial charge in [-0.05, 0) is 18.6 Å². The van der Waals surface area contributed by atoms with Crippen molar-refractivity contribution in [3.05, 3.63) is 36.7 Å². The van der Waals surface area contributed by atoms with E-state index in [2.05, 4.69) is 27.1 Å². The number of carbonyl (C=O) groups is 2. The Balaban J connectivity index is 2.09. The second-order valence-electron chi connectivity index (χ2n) is 5.34. The molecule has 2 rings (SSSR count). The fourth-order valence-corrected chi connectivity index (χ4v) is 2.22. The summed E-state index contributed by atoms with van der Waals surface area (Å²) in [7, 11) is 0. The second-order valence-corrected chi connectivity index (χ2v) is 5.34. The molecule has 1 heterocycles. The molecule has 0 aliphatic carbocycles. The topological polar surface area (TPSA) is 76.0 Å². The predicted octanol–water partition coefficient (Wildman–Crippen LogP) is 2.42. The van der Waals surface area contributed by atoms with E-state index in [0.717, 1.165) is 30.8 Å². The van der Waals surface area contributed by atoms with Crippen LogP contribution in [0.4, 0.5) is 5.69 Å². The van der Waals surface area contributed by atoms with Crippen molar-refractivity contribution in [3.8, 4) is 11.4 Å². The van der Waals surface area contributed by atoms with E-state index in [-0.39, 0.29) is 18.4 Å². The predicted molar refractivity (Wildman–Crippen MR) is 89.9 cm³/mol. The number of imidazole rings is 1. The minimum Gasteiger partial charge on any atom is -0.347 e. The number of rotatable bonds is 7. The fraction of sp³-hybridized carbons (Fsp3) is 0.353. The van der Waals surface area contributed by atoms with Crippen LogP contribution in [0.3, 0.4) is 0 Å². The molecule has 6 nitrogen and oxygen atoms in total. The highest BCUT2D eigenvalue weighted by molar-refractivity contribution is 5.94. The molecule has 0 aliphatic heterocycles. The monoisotopic (exact) mass is 314 g/mol. The van der Waals surface area contributed by atoms with Gasteiger partial charge in [0.15, 0.2) is 0 Å². The van der Waals surface area contributed by atoms with Gasteiger partial charge < -0.3 is 15.2 Å². The lowest BCUT2D eigenvalue weighted by atomic mass is 10.2. The van der Waals surface area contributed by atoms with Gasteiger partial charge in [-0.3, -0.25) is 9.59 Å². The Labute approximate surface area is 135 Å². The van der Waals surface area contributed by atoms with E-state index in [1.54, 1.807) is 6.20 Å². The van der Waals surface area contributed by atoms with Gasteiger partial charge in [-0.15, -0.1) is 0 Å². The van der Waals surface area contributed by atoms with Crippen LogP contribution in [0.25, 0.3) is 11.4 Å². The fourth-order valence-electron chi connectivity index (χ4n) is 2.22. The highest BCUT2D eigenvalue weighted by atomic mass is 16.2. The summed E-state index contributed by atoms with van der Waals surface area (Å²) < 4.78 is 2.11. The van der Waals surface area contributed by atoms with Gasteiger partial charge >= 0.3 is 0 Å². The molecule has 2 aromatic rings. The minimum absolute atomic E-state index is 0.0370. The third-order valence-electron chi connectivity index (χ3n) is 3.37. The van der Waals surface area contributed by atoms with Crippen molar-refractivity contribution in [2.45, 2.75) is 33.2 Å². The normalized spacial score (nSPS) is 10.3. The van der Waals surface area contributed by atoms with E-state index >= 15 is 0 Å². The number of unbranched alkanes of at least 4 members (excludes halogenated alkanes) is 1. The maximum absolute atomic E-state index is 11.8. The van der Waals surface area contributed by atoms with Gasteiger partial charge in [-0.25, -0.2) is 4.98 Å². The van der Waals surface area contributed by atoms with Crippen LogP contribution in [0.2, 0.25) is 0 Å². The van der Waals surface area contributed by atoms with Gasteiger partial charge in [-0.1, -0.05) is 25.5 Å². The summed E-state index contributed by atoms with van der Waals surface area (Å²) in [6, 6.07) is 7.54. The molecule has 0 fully saturated rings. The zero-order valence-corrected chi connectivity index (χ0v) is 13.5. The average molecular weight is 314 g/mol. The lowest BCUT2D eigenvalue weighted by Gasteiger charge is -2.10. The number of nitrogens with zero attached hydrogens (tertiary/aromatic N) is 2. The van der Waals surface area contributed by atoms with Crippen LogP contribution >= 0.6 is 0 Å². The van der Waals surface area contributed by atoms with Crippen molar-refractivity contribution in [1.82, 2.24) is 14.9 Å². The summed E-state index contributed by atoms with van der Waals surface area (Å²) in [5.74, 6) is 0.398. The van der Waals surface area contributed by atoms with Gasteiger partial charge in [0.25, 0.3) is 0 Å². The highest BCUT2D eigenvalue weighted by Crippen LogP contribution is 2.21. The molecule has 1 aromatic heterocycles. The Hall–Kier alpha value is -2.63. The number of carbonyl (C=O) groups excluding carboxylic acids is 2. The Morgan fingerprint density at radius 1 is 1.30 bits per heavy atom. The first-order valence-electron chi connectivity index (χ1n) is 7.76. The first-order chi connectivity index (χ1) is 11.1. The molecule has 1 aromatic carbocycles. The van der Waals surface area contributed by atoms with Gasteiger partial charge in [-0.2, -0.15) is 0 Å². The van der Waals surface area contributed by atoms with Crippen molar-refractivity contribution < 1.29 is 9.59 Å². The SMILES string of the molecule is CCCCn1ccnc1-c1cccc(NC(=O)CNC(C)=O)c1. The number of anilines is 1. The smallest absolute Gasteiger partial charge is 0.243 e. The molecule has 0 bridgehead atoms. The number of aryl methyl sites for hydroxylation is 1. The second kappa shape index (κ2) is 8.12. The van der Waals surface area contributed by atoms with Crippen LogP contribution < -0.4 is 10.6 Å². The summed E-state index contributed by atoms with van der Waals surface area (Å²) in [4.78, 5) is 27.0. The number of hydrogen-bond donors (Lipinski definition) is 2. The first-order valence-corrected chi connectivity index (χ1v) is 7.76. The lowest BCUT2D eigenvalue weighted by Crippen LogP contribution is -2.31. The van der Waals surface area contributed by atoms with Gasteiger partial charge in [0.2, 0.25) is 11.8 Å². The largest absolute Gasteiger partial charge is 0.347 e. The highest BCUT2D eigenvalue weighted by Gasteiger charge is 2.08.